The summed E-state index contributed by atoms with van der Waals surface area (Å²) in [5.41, 5.74) is 3.12. The van der Waals surface area contributed by atoms with Crippen LogP contribution in [0.25, 0.3) is 11.3 Å². The van der Waals surface area contributed by atoms with E-state index in [1.54, 1.807) is 23.8 Å². The molecule has 0 N–H and O–H groups in total. The van der Waals surface area contributed by atoms with E-state index in [-0.39, 0.29) is 0 Å². The Labute approximate surface area is 165 Å². The van der Waals surface area contributed by atoms with Crippen molar-refractivity contribution in [3.8, 4) is 11.3 Å². The lowest BCUT2D eigenvalue weighted by Crippen LogP contribution is -2.16. The van der Waals surface area contributed by atoms with E-state index < -0.39 is 0 Å². The number of thiazole rings is 1. The molecule has 2 aromatic carbocycles. The lowest BCUT2D eigenvalue weighted by molar-refractivity contribution is 0.491. The third-order valence-corrected chi connectivity index (χ3v) is 5.09. The second-order valence-electron chi connectivity index (χ2n) is 5.83. The Morgan fingerprint density at radius 2 is 1.81 bits per heavy atom. The predicted molar refractivity (Wildman–Crippen MR) is 110 cm³/mol. The monoisotopic (exact) mass is 393 g/mol. The highest BCUT2D eigenvalue weighted by Crippen LogP contribution is 2.23. The van der Waals surface area contributed by atoms with Crippen LogP contribution in [0.5, 0.6) is 0 Å². The van der Waals surface area contributed by atoms with Crippen molar-refractivity contribution in [2.24, 2.45) is 10.2 Å². The Bertz CT molecular complexity index is 1090. The van der Waals surface area contributed by atoms with Gasteiger partial charge in [-0.3, -0.25) is 0 Å². The van der Waals surface area contributed by atoms with Crippen LogP contribution >= 0.6 is 22.9 Å². The molecule has 0 atom stereocenters. The SMILES string of the molecule is Clc1ccc(-c2cs/c(=N\N=C\c3ccccc3)n2Cc2ccco2)cc1. The van der Waals surface area contributed by atoms with Crippen molar-refractivity contribution in [2.75, 3.05) is 0 Å². The van der Waals surface area contributed by atoms with Gasteiger partial charge in [0.2, 0.25) is 4.80 Å². The minimum absolute atomic E-state index is 0.578. The summed E-state index contributed by atoms with van der Waals surface area (Å²) in [5, 5.41) is 11.5. The Morgan fingerprint density at radius 1 is 1.00 bits per heavy atom. The second kappa shape index (κ2) is 8.20. The third kappa shape index (κ3) is 4.27. The maximum atomic E-state index is 6.03. The van der Waals surface area contributed by atoms with Crippen LogP contribution in [0.2, 0.25) is 5.02 Å². The molecule has 0 spiro atoms. The average Bonchev–Trinajstić information content (AvgIpc) is 3.34. The fourth-order valence-electron chi connectivity index (χ4n) is 2.66. The van der Waals surface area contributed by atoms with E-state index in [0.29, 0.717) is 11.6 Å². The predicted octanol–water partition coefficient (Wildman–Crippen LogP) is 5.45. The maximum Gasteiger partial charge on any atom is 0.211 e. The van der Waals surface area contributed by atoms with Crippen LogP contribution in [0.4, 0.5) is 0 Å². The van der Waals surface area contributed by atoms with E-state index in [1.807, 2.05) is 66.7 Å². The molecule has 0 unspecified atom stereocenters. The van der Waals surface area contributed by atoms with E-state index in [0.717, 1.165) is 27.4 Å². The van der Waals surface area contributed by atoms with Gasteiger partial charge in [-0.05, 0) is 35.4 Å². The second-order valence-corrected chi connectivity index (χ2v) is 7.10. The molecule has 0 saturated heterocycles. The number of nitrogens with zero attached hydrogens (tertiary/aromatic N) is 3. The number of benzene rings is 2. The Kier molecular flexibility index (Phi) is 5.32. The van der Waals surface area contributed by atoms with E-state index in [4.69, 9.17) is 16.0 Å². The van der Waals surface area contributed by atoms with Crippen LogP contribution in [0.1, 0.15) is 11.3 Å². The standard InChI is InChI=1S/C21H16ClN3OS/c22-18-10-8-17(9-11-18)20-15-27-21(25(20)14-19-7-4-12-26-19)24-23-13-16-5-2-1-3-6-16/h1-13,15H,14H2/b23-13+,24-21-. The number of hydrogen-bond acceptors (Lipinski definition) is 4. The molecule has 0 aliphatic carbocycles. The molecule has 0 aliphatic heterocycles. The fourth-order valence-corrected chi connectivity index (χ4v) is 3.65. The highest BCUT2D eigenvalue weighted by atomic mass is 35.5. The molecular formula is C21H16ClN3OS. The van der Waals surface area contributed by atoms with Crippen LogP contribution in [0, 0.1) is 0 Å². The van der Waals surface area contributed by atoms with Crippen molar-refractivity contribution in [3.63, 3.8) is 0 Å². The average molecular weight is 394 g/mol. The number of rotatable bonds is 5. The molecule has 4 aromatic rings. The summed E-state index contributed by atoms with van der Waals surface area (Å²) in [6.45, 7) is 0.578. The number of hydrogen-bond donors (Lipinski definition) is 0. The van der Waals surface area contributed by atoms with Gasteiger partial charge in [0.1, 0.15) is 5.76 Å². The topological polar surface area (TPSA) is 42.8 Å². The molecule has 0 fully saturated rings. The molecule has 27 heavy (non-hydrogen) atoms. The summed E-state index contributed by atoms with van der Waals surface area (Å²) in [4.78, 5) is 0.795. The van der Waals surface area contributed by atoms with Gasteiger partial charge < -0.3 is 8.98 Å². The molecule has 134 valence electrons. The molecule has 0 saturated carbocycles. The molecule has 0 amide bonds. The summed E-state index contributed by atoms with van der Waals surface area (Å²) in [6, 6.07) is 21.5. The van der Waals surface area contributed by atoms with Crippen LogP contribution in [0.15, 0.2) is 93.0 Å². The smallest absolute Gasteiger partial charge is 0.211 e. The van der Waals surface area contributed by atoms with Crippen LogP contribution in [-0.2, 0) is 6.54 Å². The van der Waals surface area contributed by atoms with Gasteiger partial charge in [0.15, 0.2) is 0 Å². The zero-order valence-corrected chi connectivity index (χ0v) is 15.9. The van der Waals surface area contributed by atoms with Crippen LogP contribution in [-0.4, -0.2) is 10.8 Å². The first-order valence-corrected chi connectivity index (χ1v) is 9.64. The van der Waals surface area contributed by atoms with Crippen molar-refractivity contribution in [3.05, 3.63) is 99.5 Å². The largest absolute Gasteiger partial charge is 0.467 e. The highest BCUT2D eigenvalue weighted by Gasteiger charge is 2.10. The molecule has 0 radical (unpaired) electrons. The maximum absolute atomic E-state index is 6.03. The third-order valence-electron chi connectivity index (χ3n) is 3.98. The summed E-state index contributed by atoms with van der Waals surface area (Å²) in [7, 11) is 0. The molecule has 0 aliphatic rings. The minimum Gasteiger partial charge on any atom is -0.467 e. The van der Waals surface area contributed by atoms with Crippen molar-refractivity contribution in [2.45, 2.75) is 6.54 Å². The summed E-state index contributed by atoms with van der Waals surface area (Å²) >= 11 is 7.57. The van der Waals surface area contributed by atoms with E-state index in [9.17, 15) is 0 Å². The fraction of sp³-hybridized carbons (Fsp3) is 0.0476. The van der Waals surface area contributed by atoms with E-state index in [1.165, 1.54) is 0 Å². The Morgan fingerprint density at radius 3 is 2.56 bits per heavy atom. The van der Waals surface area contributed by atoms with Gasteiger partial charge in [-0.25, -0.2) is 0 Å². The van der Waals surface area contributed by atoms with Gasteiger partial charge in [-0.1, -0.05) is 54.1 Å². The first-order valence-electron chi connectivity index (χ1n) is 8.38. The minimum atomic E-state index is 0.578. The van der Waals surface area contributed by atoms with Gasteiger partial charge >= 0.3 is 0 Å². The number of aromatic nitrogens is 1. The molecule has 6 heteroatoms. The first-order chi connectivity index (χ1) is 13.3. The molecular weight excluding hydrogens is 378 g/mol. The molecule has 0 bridgehead atoms. The van der Waals surface area contributed by atoms with Crippen molar-refractivity contribution < 1.29 is 4.42 Å². The zero-order chi connectivity index (χ0) is 18.5. The Hall–Kier alpha value is -2.89. The molecule has 4 rings (SSSR count). The first kappa shape index (κ1) is 17.5. The van der Waals surface area contributed by atoms with E-state index >= 15 is 0 Å². The van der Waals surface area contributed by atoms with Gasteiger partial charge in [0, 0.05) is 10.4 Å². The molecule has 4 nitrogen and oxygen atoms in total. The number of furan rings is 1. The van der Waals surface area contributed by atoms with Gasteiger partial charge in [-0.2, -0.15) is 5.10 Å². The van der Waals surface area contributed by atoms with Crippen molar-refractivity contribution in [1.29, 1.82) is 0 Å². The highest BCUT2D eigenvalue weighted by molar-refractivity contribution is 7.07. The summed E-state index contributed by atoms with van der Waals surface area (Å²) in [6.07, 6.45) is 3.42. The molecule has 2 heterocycles. The van der Waals surface area contributed by atoms with Crippen LogP contribution in [0.3, 0.4) is 0 Å². The van der Waals surface area contributed by atoms with Gasteiger partial charge in [0.25, 0.3) is 0 Å². The normalized spacial score (nSPS) is 12.1. The molecule has 2 aromatic heterocycles. The number of halogens is 1. The van der Waals surface area contributed by atoms with Gasteiger partial charge in [0.05, 0.1) is 24.7 Å². The quantitative estimate of drug-likeness (QED) is 0.328. The van der Waals surface area contributed by atoms with Crippen molar-refractivity contribution in [1.82, 2.24) is 4.57 Å². The van der Waals surface area contributed by atoms with E-state index in [2.05, 4.69) is 20.1 Å². The lowest BCUT2D eigenvalue weighted by Gasteiger charge is -2.07. The Balaban J connectivity index is 1.73. The summed E-state index contributed by atoms with van der Waals surface area (Å²) < 4.78 is 7.62. The zero-order valence-electron chi connectivity index (χ0n) is 14.3. The van der Waals surface area contributed by atoms with Crippen LogP contribution < -0.4 is 4.80 Å². The lowest BCUT2D eigenvalue weighted by atomic mass is 10.2. The van der Waals surface area contributed by atoms with Crippen molar-refractivity contribution >= 4 is 29.2 Å². The summed E-state index contributed by atoms with van der Waals surface area (Å²) in [5.74, 6) is 0.858. The van der Waals surface area contributed by atoms with Gasteiger partial charge in [-0.15, -0.1) is 16.4 Å².